The molecule has 22 heavy (non-hydrogen) atoms. The fourth-order valence-corrected chi connectivity index (χ4v) is 3.43. The second-order valence-electron chi connectivity index (χ2n) is 6.02. The Bertz CT molecular complexity index is 829. The van der Waals surface area contributed by atoms with E-state index in [-0.39, 0.29) is 5.75 Å². The van der Waals surface area contributed by atoms with Gasteiger partial charge in [0.15, 0.2) is 0 Å². The second kappa shape index (κ2) is 5.43. The van der Waals surface area contributed by atoms with Gasteiger partial charge in [-0.25, -0.2) is 0 Å². The van der Waals surface area contributed by atoms with E-state index < -0.39 is 0 Å². The zero-order valence-electron chi connectivity index (χ0n) is 12.4. The first-order valence-corrected chi connectivity index (χ1v) is 7.77. The summed E-state index contributed by atoms with van der Waals surface area (Å²) in [6.07, 6.45) is 2.87. The highest BCUT2D eigenvalue weighted by Gasteiger charge is 2.20. The molecule has 1 aliphatic rings. The van der Waals surface area contributed by atoms with Crippen molar-refractivity contribution in [3.63, 3.8) is 0 Å². The Kier molecular flexibility index (Phi) is 3.28. The van der Waals surface area contributed by atoms with Gasteiger partial charge < -0.3 is 10.0 Å². The SMILES string of the molecule is Oc1ccc(C[NH+]2CCc3ccccc3C2)c2cccnc12. The third-order valence-electron chi connectivity index (χ3n) is 4.59. The number of rotatable bonds is 2. The van der Waals surface area contributed by atoms with Gasteiger partial charge in [-0.15, -0.1) is 0 Å². The first-order chi connectivity index (χ1) is 10.8. The minimum Gasteiger partial charge on any atom is -0.506 e. The Morgan fingerprint density at radius 1 is 1.00 bits per heavy atom. The zero-order valence-corrected chi connectivity index (χ0v) is 12.4. The Hall–Kier alpha value is -2.39. The van der Waals surface area contributed by atoms with Gasteiger partial charge in [-0.2, -0.15) is 0 Å². The molecule has 0 fully saturated rings. The predicted octanol–water partition coefficient (Wildman–Crippen LogP) is 2.08. The number of quaternary nitrogens is 1. The van der Waals surface area contributed by atoms with Crippen LogP contribution in [0.25, 0.3) is 10.9 Å². The van der Waals surface area contributed by atoms with Crippen LogP contribution in [0, 0.1) is 0 Å². The van der Waals surface area contributed by atoms with Crippen molar-refractivity contribution in [3.05, 3.63) is 71.4 Å². The van der Waals surface area contributed by atoms with Crippen molar-refractivity contribution in [2.24, 2.45) is 0 Å². The van der Waals surface area contributed by atoms with Crippen molar-refractivity contribution in [3.8, 4) is 5.75 Å². The van der Waals surface area contributed by atoms with Crippen LogP contribution in [0.1, 0.15) is 16.7 Å². The molecule has 0 spiro atoms. The van der Waals surface area contributed by atoms with E-state index in [2.05, 4.69) is 35.3 Å². The highest BCUT2D eigenvalue weighted by atomic mass is 16.3. The lowest BCUT2D eigenvalue weighted by Gasteiger charge is -2.26. The Labute approximate surface area is 129 Å². The number of aromatic hydroxyl groups is 1. The largest absolute Gasteiger partial charge is 0.506 e. The number of nitrogens with zero attached hydrogens (tertiary/aromatic N) is 1. The summed E-state index contributed by atoms with van der Waals surface area (Å²) in [5.41, 5.74) is 4.92. The molecule has 3 nitrogen and oxygen atoms in total. The van der Waals surface area contributed by atoms with Crippen LogP contribution >= 0.6 is 0 Å². The number of fused-ring (bicyclic) bond motifs is 2. The van der Waals surface area contributed by atoms with Crippen molar-refractivity contribution in [2.45, 2.75) is 19.5 Å². The van der Waals surface area contributed by atoms with Crippen LogP contribution in [0.15, 0.2) is 54.7 Å². The molecule has 2 N–H and O–H groups in total. The van der Waals surface area contributed by atoms with Gasteiger partial charge in [-0.05, 0) is 23.8 Å². The van der Waals surface area contributed by atoms with Gasteiger partial charge in [0.05, 0.1) is 6.54 Å². The monoisotopic (exact) mass is 291 g/mol. The topological polar surface area (TPSA) is 37.6 Å². The maximum Gasteiger partial charge on any atom is 0.141 e. The highest BCUT2D eigenvalue weighted by molar-refractivity contribution is 5.86. The third kappa shape index (κ3) is 2.34. The molecule has 2 aromatic carbocycles. The molecular formula is C19H19N2O+. The van der Waals surface area contributed by atoms with Crippen molar-refractivity contribution in [1.29, 1.82) is 0 Å². The summed E-state index contributed by atoms with van der Waals surface area (Å²) in [5.74, 6) is 0.262. The van der Waals surface area contributed by atoms with E-state index in [1.165, 1.54) is 16.7 Å². The standard InChI is InChI=1S/C19H18N2O/c22-18-8-7-16(17-6-3-10-20-19(17)18)13-21-11-9-14-4-1-2-5-15(14)12-21/h1-8,10,22H,9,11-13H2/p+1. The number of aromatic nitrogens is 1. The van der Waals surface area contributed by atoms with Gasteiger partial charge in [0.1, 0.15) is 24.4 Å². The summed E-state index contributed by atoms with van der Waals surface area (Å²) in [5, 5.41) is 11.0. The van der Waals surface area contributed by atoms with Crippen LogP contribution in [0.2, 0.25) is 0 Å². The van der Waals surface area contributed by atoms with E-state index in [0.29, 0.717) is 5.52 Å². The Morgan fingerprint density at radius 3 is 2.77 bits per heavy atom. The third-order valence-corrected chi connectivity index (χ3v) is 4.59. The molecule has 1 aliphatic heterocycles. The maximum absolute atomic E-state index is 9.96. The molecule has 1 unspecified atom stereocenters. The molecule has 0 aliphatic carbocycles. The summed E-state index contributed by atoms with van der Waals surface area (Å²) in [6.45, 7) is 3.19. The zero-order chi connectivity index (χ0) is 14.9. The lowest BCUT2D eigenvalue weighted by molar-refractivity contribution is -0.929. The van der Waals surface area contributed by atoms with E-state index in [9.17, 15) is 5.11 Å². The van der Waals surface area contributed by atoms with E-state index in [1.54, 1.807) is 17.2 Å². The number of phenols is 1. The van der Waals surface area contributed by atoms with Crippen LogP contribution in [0.3, 0.4) is 0 Å². The molecule has 1 atom stereocenters. The molecule has 2 heterocycles. The van der Waals surface area contributed by atoms with Gasteiger partial charge >= 0.3 is 0 Å². The summed E-state index contributed by atoms with van der Waals surface area (Å²) < 4.78 is 0. The molecule has 0 bridgehead atoms. The fraction of sp³-hybridized carbons (Fsp3) is 0.211. The average Bonchev–Trinajstić information content (AvgIpc) is 2.58. The second-order valence-corrected chi connectivity index (χ2v) is 6.02. The van der Waals surface area contributed by atoms with Crippen molar-refractivity contribution in [2.75, 3.05) is 6.54 Å². The number of nitrogens with one attached hydrogen (secondary N) is 1. The molecule has 1 aromatic heterocycles. The normalized spacial score (nSPS) is 17.4. The molecule has 0 radical (unpaired) electrons. The molecule has 3 aromatic rings. The van der Waals surface area contributed by atoms with Gasteiger partial charge in [0.25, 0.3) is 0 Å². The van der Waals surface area contributed by atoms with Crippen LogP contribution in [0.5, 0.6) is 5.75 Å². The lowest BCUT2D eigenvalue weighted by Crippen LogP contribution is -3.10. The number of pyridine rings is 1. The summed E-state index contributed by atoms with van der Waals surface area (Å²) >= 11 is 0. The van der Waals surface area contributed by atoms with Crippen molar-refractivity contribution in [1.82, 2.24) is 4.98 Å². The number of hydrogen-bond acceptors (Lipinski definition) is 2. The van der Waals surface area contributed by atoms with E-state index >= 15 is 0 Å². The predicted molar refractivity (Wildman–Crippen MR) is 86.8 cm³/mol. The number of hydrogen-bond donors (Lipinski definition) is 2. The molecule has 0 saturated carbocycles. The summed E-state index contributed by atoms with van der Waals surface area (Å²) in [6, 6.07) is 16.5. The van der Waals surface area contributed by atoms with Crippen LogP contribution in [-0.2, 0) is 19.5 Å². The van der Waals surface area contributed by atoms with Gasteiger partial charge in [0, 0.05) is 29.1 Å². The van der Waals surface area contributed by atoms with Crippen LogP contribution in [0.4, 0.5) is 0 Å². The first kappa shape index (κ1) is 13.3. The fourth-order valence-electron chi connectivity index (χ4n) is 3.43. The summed E-state index contributed by atoms with van der Waals surface area (Å²) in [4.78, 5) is 5.88. The maximum atomic E-state index is 9.96. The number of phenolic OH excluding ortho intramolecular Hbond substituents is 1. The average molecular weight is 291 g/mol. The molecule has 3 heteroatoms. The summed E-state index contributed by atoms with van der Waals surface area (Å²) in [7, 11) is 0. The van der Waals surface area contributed by atoms with Gasteiger partial charge in [-0.3, -0.25) is 4.98 Å². The van der Waals surface area contributed by atoms with E-state index in [1.807, 2.05) is 12.1 Å². The van der Waals surface area contributed by atoms with Gasteiger partial charge in [-0.1, -0.05) is 30.3 Å². The molecule has 110 valence electrons. The van der Waals surface area contributed by atoms with Gasteiger partial charge in [0.2, 0.25) is 0 Å². The highest BCUT2D eigenvalue weighted by Crippen LogP contribution is 2.25. The van der Waals surface area contributed by atoms with Crippen LogP contribution < -0.4 is 4.90 Å². The number of benzene rings is 2. The Morgan fingerprint density at radius 2 is 1.86 bits per heavy atom. The minimum absolute atomic E-state index is 0.262. The molecule has 0 amide bonds. The quantitative estimate of drug-likeness (QED) is 0.758. The molecule has 0 saturated heterocycles. The molecule has 4 rings (SSSR count). The van der Waals surface area contributed by atoms with Crippen molar-refractivity contribution >= 4 is 10.9 Å². The minimum atomic E-state index is 0.262. The lowest BCUT2D eigenvalue weighted by atomic mass is 9.99. The Balaban J connectivity index is 1.64. The van der Waals surface area contributed by atoms with E-state index in [0.717, 1.165) is 31.4 Å². The first-order valence-electron chi connectivity index (χ1n) is 7.77. The molecular weight excluding hydrogens is 272 g/mol. The van der Waals surface area contributed by atoms with Crippen molar-refractivity contribution < 1.29 is 10.0 Å². The smallest absolute Gasteiger partial charge is 0.141 e. The van der Waals surface area contributed by atoms with Crippen LogP contribution in [-0.4, -0.2) is 16.6 Å². The van der Waals surface area contributed by atoms with E-state index in [4.69, 9.17) is 0 Å².